The van der Waals surface area contributed by atoms with Gasteiger partial charge in [0.05, 0.1) is 6.61 Å². The van der Waals surface area contributed by atoms with Crippen LogP contribution in [0.2, 0.25) is 0 Å². The Balaban J connectivity index is 3.20. The van der Waals surface area contributed by atoms with Crippen molar-refractivity contribution in [2.45, 2.75) is 123 Å². The molecule has 0 aliphatic rings. The molecule has 0 spiro atoms. The highest BCUT2D eigenvalue weighted by atomic mass is 16.5. The summed E-state index contributed by atoms with van der Waals surface area (Å²) in [6, 6.07) is 0. The van der Waals surface area contributed by atoms with Crippen molar-refractivity contribution in [3.8, 4) is 0 Å². The molecular weight excluding hydrogens is 336 g/mol. The molecule has 0 bridgehead atoms. The molecule has 0 saturated heterocycles. The molecule has 0 unspecified atom stereocenters. The standard InChI is InChI=1S/C24H46O3/c1-3-4-5-6-7-8-9-10-11-12-13-14-15-16-17-18-22-27-24(26)23(2)20-19-21-25/h20,25H,3-19,21-22H2,1-2H3. The maximum Gasteiger partial charge on any atom is 0.333 e. The van der Waals surface area contributed by atoms with E-state index in [2.05, 4.69) is 6.92 Å². The number of hydrogen-bond donors (Lipinski definition) is 1. The predicted molar refractivity (Wildman–Crippen MR) is 116 cm³/mol. The van der Waals surface area contributed by atoms with Crippen LogP contribution in [-0.4, -0.2) is 24.3 Å². The lowest BCUT2D eigenvalue weighted by Crippen LogP contribution is -2.07. The first kappa shape index (κ1) is 26.2. The summed E-state index contributed by atoms with van der Waals surface area (Å²) in [7, 11) is 0. The third kappa shape index (κ3) is 19.7. The molecule has 0 fully saturated rings. The lowest BCUT2D eigenvalue weighted by molar-refractivity contribution is -0.139. The van der Waals surface area contributed by atoms with Crippen LogP contribution in [0.1, 0.15) is 123 Å². The van der Waals surface area contributed by atoms with Gasteiger partial charge in [-0.2, -0.15) is 0 Å². The van der Waals surface area contributed by atoms with Gasteiger partial charge in [-0.25, -0.2) is 4.79 Å². The van der Waals surface area contributed by atoms with E-state index in [9.17, 15) is 4.79 Å². The van der Waals surface area contributed by atoms with Gasteiger partial charge in [0.25, 0.3) is 0 Å². The summed E-state index contributed by atoms with van der Waals surface area (Å²) in [5.74, 6) is -0.246. The first-order chi connectivity index (χ1) is 13.2. The van der Waals surface area contributed by atoms with E-state index in [1.54, 1.807) is 13.0 Å². The monoisotopic (exact) mass is 382 g/mol. The number of aliphatic hydroxyl groups excluding tert-OH is 1. The number of esters is 1. The molecule has 0 saturated carbocycles. The second-order valence-corrected chi connectivity index (χ2v) is 7.84. The summed E-state index contributed by atoms with van der Waals surface area (Å²) in [6.45, 7) is 4.61. The average molecular weight is 383 g/mol. The van der Waals surface area contributed by atoms with E-state index < -0.39 is 0 Å². The molecule has 0 rings (SSSR count). The van der Waals surface area contributed by atoms with Crippen LogP contribution in [-0.2, 0) is 9.53 Å². The third-order valence-electron chi connectivity index (χ3n) is 5.13. The van der Waals surface area contributed by atoms with Crippen LogP contribution in [0.5, 0.6) is 0 Å². The Labute approximate surface area is 169 Å². The number of hydrogen-bond acceptors (Lipinski definition) is 3. The zero-order chi connectivity index (χ0) is 20.0. The van der Waals surface area contributed by atoms with Gasteiger partial charge in [0.15, 0.2) is 0 Å². The Hall–Kier alpha value is -0.830. The fourth-order valence-electron chi connectivity index (χ4n) is 3.29. The summed E-state index contributed by atoms with van der Waals surface area (Å²) in [6.07, 6.45) is 23.8. The molecule has 3 nitrogen and oxygen atoms in total. The van der Waals surface area contributed by atoms with Crippen LogP contribution < -0.4 is 0 Å². The highest BCUT2D eigenvalue weighted by Gasteiger charge is 2.04. The summed E-state index contributed by atoms with van der Waals surface area (Å²) in [5, 5.41) is 8.73. The first-order valence-corrected chi connectivity index (χ1v) is 11.7. The first-order valence-electron chi connectivity index (χ1n) is 11.7. The zero-order valence-electron chi connectivity index (χ0n) is 18.3. The largest absolute Gasteiger partial charge is 0.462 e. The van der Waals surface area contributed by atoms with E-state index in [0.717, 1.165) is 12.8 Å². The van der Waals surface area contributed by atoms with Crippen molar-refractivity contribution in [3.05, 3.63) is 11.6 Å². The minimum Gasteiger partial charge on any atom is -0.462 e. The molecule has 0 aliphatic carbocycles. The van der Waals surface area contributed by atoms with Gasteiger partial charge in [0.2, 0.25) is 0 Å². The van der Waals surface area contributed by atoms with Crippen molar-refractivity contribution in [3.63, 3.8) is 0 Å². The normalized spacial score (nSPS) is 11.7. The van der Waals surface area contributed by atoms with Crippen molar-refractivity contribution in [2.75, 3.05) is 13.2 Å². The molecule has 0 aromatic carbocycles. The van der Waals surface area contributed by atoms with Crippen LogP contribution in [0.25, 0.3) is 0 Å². The topological polar surface area (TPSA) is 46.5 Å². The summed E-state index contributed by atoms with van der Waals surface area (Å²) in [5.41, 5.74) is 0.598. The highest BCUT2D eigenvalue weighted by molar-refractivity contribution is 5.87. The molecule has 160 valence electrons. The Morgan fingerprint density at radius 1 is 0.741 bits per heavy atom. The van der Waals surface area contributed by atoms with Gasteiger partial charge >= 0.3 is 5.97 Å². The lowest BCUT2D eigenvalue weighted by atomic mass is 10.0. The third-order valence-corrected chi connectivity index (χ3v) is 5.13. The lowest BCUT2D eigenvalue weighted by Gasteiger charge is -2.05. The van der Waals surface area contributed by atoms with Crippen molar-refractivity contribution >= 4 is 5.97 Å². The maximum absolute atomic E-state index is 11.6. The fourth-order valence-corrected chi connectivity index (χ4v) is 3.29. The van der Waals surface area contributed by atoms with Crippen LogP contribution in [0, 0.1) is 0 Å². The van der Waals surface area contributed by atoms with Gasteiger partial charge in [0, 0.05) is 12.2 Å². The van der Waals surface area contributed by atoms with Crippen LogP contribution >= 0.6 is 0 Å². The fraction of sp³-hybridized carbons (Fsp3) is 0.875. The molecular formula is C24H46O3. The quantitative estimate of drug-likeness (QED) is 0.138. The van der Waals surface area contributed by atoms with Gasteiger partial charge in [-0.1, -0.05) is 109 Å². The van der Waals surface area contributed by atoms with Crippen molar-refractivity contribution < 1.29 is 14.6 Å². The molecule has 0 atom stereocenters. The molecule has 27 heavy (non-hydrogen) atoms. The molecule has 0 radical (unpaired) electrons. The van der Waals surface area contributed by atoms with Crippen LogP contribution in [0.4, 0.5) is 0 Å². The number of unbranched alkanes of at least 4 members (excludes halogenated alkanes) is 15. The molecule has 3 heteroatoms. The number of carbonyl (C=O) groups is 1. The Bertz CT molecular complexity index is 350. The van der Waals surface area contributed by atoms with Crippen molar-refractivity contribution in [1.82, 2.24) is 0 Å². The van der Waals surface area contributed by atoms with Gasteiger partial charge in [-0.15, -0.1) is 0 Å². The Morgan fingerprint density at radius 3 is 1.56 bits per heavy atom. The second-order valence-electron chi connectivity index (χ2n) is 7.84. The average Bonchev–Trinajstić information content (AvgIpc) is 2.68. The highest BCUT2D eigenvalue weighted by Crippen LogP contribution is 2.13. The van der Waals surface area contributed by atoms with Gasteiger partial charge in [-0.3, -0.25) is 0 Å². The summed E-state index contributed by atoms with van der Waals surface area (Å²) >= 11 is 0. The number of aliphatic hydroxyl groups is 1. The smallest absolute Gasteiger partial charge is 0.333 e. The van der Waals surface area contributed by atoms with E-state index in [4.69, 9.17) is 9.84 Å². The van der Waals surface area contributed by atoms with Crippen molar-refractivity contribution in [1.29, 1.82) is 0 Å². The second kappa shape index (κ2) is 21.5. The SMILES string of the molecule is CCCCCCCCCCCCCCCCCCOC(=O)C(C)=CCCO. The van der Waals surface area contributed by atoms with E-state index in [1.807, 2.05) is 0 Å². The maximum atomic E-state index is 11.6. The number of carbonyl (C=O) groups excluding carboxylic acids is 1. The van der Waals surface area contributed by atoms with Crippen LogP contribution in [0.15, 0.2) is 11.6 Å². The molecule has 0 amide bonds. The molecule has 0 aliphatic heterocycles. The van der Waals surface area contributed by atoms with Crippen molar-refractivity contribution in [2.24, 2.45) is 0 Å². The summed E-state index contributed by atoms with van der Waals surface area (Å²) < 4.78 is 5.23. The van der Waals surface area contributed by atoms with E-state index in [0.29, 0.717) is 18.6 Å². The Morgan fingerprint density at radius 2 is 1.15 bits per heavy atom. The van der Waals surface area contributed by atoms with E-state index >= 15 is 0 Å². The predicted octanol–water partition coefficient (Wildman–Crippen LogP) is 7.12. The molecule has 0 aromatic heterocycles. The zero-order valence-corrected chi connectivity index (χ0v) is 18.3. The van der Waals surface area contributed by atoms with Gasteiger partial charge in [0.1, 0.15) is 0 Å². The molecule has 0 aromatic rings. The number of ether oxygens (including phenoxy) is 1. The minimum absolute atomic E-state index is 0.0732. The van der Waals surface area contributed by atoms with Gasteiger partial charge < -0.3 is 9.84 Å². The van der Waals surface area contributed by atoms with Crippen LogP contribution in [0.3, 0.4) is 0 Å². The van der Waals surface area contributed by atoms with E-state index in [1.165, 1.54) is 89.9 Å². The molecule has 1 N–H and O–H groups in total. The Kier molecular flexibility index (Phi) is 20.8. The molecule has 0 heterocycles. The van der Waals surface area contributed by atoms with Gasteiger partial charge in [-0.05, 0) is 19.8 Å². The number of rotatable bonds is 20. The summed E-state index contributed by atoms with van der Waals surface area (Å²) in [4.78, 5) is 11.6. The minimum atomic E-state index is -0.246. The van der Waals surface area contributed by atoms with E-state index in [-0.39, 0.29) is 12.6 Å².